The number of hydrogen-bond donors (Lipinski definition) is 1. The van der Waals surface area contributed by atoms with E-state index in [4.69, 9.17) is 17.3 Å². The number of nitrogen functional groups attached to an aromatic ring is 1. The fourth-order valence-electron chi connectivity index (χ4n) is 0.673. The monoisotopic (exact) mass is 203 g/mol. The summed E-state index contributed by atoms with van der Waals surface area (Å²) in [5.41, 5.74) is 6.21. The van der Waals surface area contributed by atoms with Gasteiger partial charge >= 0.3 is 0 Å². The van der Waals surface area contributed by atoms with Crippen LogP contribution in [0.1, 0.15) is 13.8 Å². The molecule has 0 unspecified atom stereocenters. The molecular weight excluding hydrogens is 194 g/mol. The summed E-state index contributed by atoms with van der Waals surface area (Å²) in [4.78, 5) is 7.77. The summed E-state index contributed by atoms with van der Waals surface area (Å²) in [6, 6.07) is 0. The molecule has 0 spiro atoms. The van der Waals surface area contributed by atoms with E-state index in [-0.39, 0.29) is 5.28 Å². The van der Waals surface area contributed by atoms with Crippen LogP contribution in [0.4, 0.5) is 5.69 Å². The highest BCUT2D eigenvalue weighted by Crippen LogP contribution is 2.26. The molecule has 0 bridgehead atoms. The summed E-state index contributed by atoms with van der Waals surface area (Å²) in [5.74, 6) is 0. The fraction of sp³-hybridized carbons (Fsp3) is 0.429. The molecule has 1 aromatic rings. The third kappa shape index (κ3) is 2.53. The molecule has 0 atom stereocenters. The van der Waals surface area contributed by atoms with E-state index in [9.17, 15) is 0 Å². The molecule has 2 N–H and O–H groups in total. The zero-order chi connectivity index (χ0) is 9.14. The predicted octanol–water partition coefficient (Wildman–Crippen LogP) is 2.21. The number of rotatable bonds is 2. The quantitative estimate of drug-likeness (QED) is 0.455. The van der Waals surface area contributed by atoms with E-state index in [0.29, 0.717) is 10.9 Å². The summed E-state index contributed by atoms with van der Waals surface area (Å²) in [7, 11) is 0. The highest BCUT2D eigenvalue weighted by molar-refractivity contribution is 7.99. The topological polar surface area (TPSA) is 51.8 Å². The second-order valence-electron chi connectivity index (χ2n) is 2.57. The van der Waals surface area contributed by atoms with Crippen LogP contribution < -0.4 is 5.73 Å². The van der Waals surface area contributed by atoms with E-state index in [1.165, 1.54) is 6.20 Å². The van der Waals surface area contributed by atoms with Crippen LogP contribution in [0, 0.1) is 0 Å². The van der Waals surface area contributed by atoms with E-state index in [2.05, 4.69) is 23.8 Å². The van der Waals surface area contributed by atoms with E-state index >= 15 is 0 Å². The SMILES string of the molecule is CC(C)Sc1nc(Cl)ncc1N. The Kier molecular flexibility index (Phi) is 3.17. The Labute approximate surface area is 80.7 Å². The molecule has 3 nitrogen and oxygen atoms in total. The molecule has 12 heavy (non-hydrogen) atoms. The first-order chi connectivity index (χ1) is 5.59. The number of halogens is 1. The first-order valence-corrected chi connectivity index (χ1v) is 4.80. The van der Waals surface area contributed by atoms with Crippen molar-refractivity contribution in [2.45, 2.75) is 24.1 Å². The maximum absolute atomic E-state index is 5.63. The van der Waals surface area contributed by atoms with E-state index in [0.717, 1.165) is 5.03 Å². The van der Waals surface area contributed by atoms with Crippen LogP contribution in [0.15, 0.2) is 11.2 Å². The number of thioether (sulfide) groups is 1. The maximum atomic E-state index is 5.63. The van der Waals surface area contributed by atoms with Gasteiger partial charge in [0.1, 0.15) is 5.03 Å². The smallest absolute Gasteiger partial charge is 0.223 e. The highest BCUT2D eigenvalue weighted by Gasteiger charge is 2.05. The van der Waals surface area contributed by atoms with Gasteiger partial charge in [0.15, 0.2) is 0 Å². The Morgan fingerprint density at radius 1 is 1.58 bits per heavy atom. The Hall–Kier alpha value is -0.480. The average Bonchev–Trinajstić information content (AvgIpc) is 1.96. The molecule has 0 saturated carbocycles. The van der Waals surface area contributed by atoms with Crippen molar-refractivity contribution in [3.05, 3.63) is 11.5 Å². The normalized spacial score (nSPS) is 10.7. The van der Waals surface area contributed by atoms with Gasteiger partial charge in [-0.3, -0.25) is 0 Å². The van der Waals surface area contributed by atoms with Gasteiger partial charge in [-0.1, -0.05) is 13.8 Å². The van der Waals surface area contributed by atoms with Crippen molar-refractivity contribution in [1.82, 2.24) is 9.97 Å². The van der Waals surface area contributed by atoms with Crippen molar-refractivity contribution < 1.29 is 0 Å². The minimum atomic E-state index is 0.243. The van der Waals surface area contributed by atoms with E-state index in [1.54, 1.807) is 11.8 Å². The van der Waals surface area contributed by atoms with Crippen LogP contribution in [0.5, 0.6) is 0 Å². The maximum Gasteiger partial charge on any atom is 0.223 e. The summed E-state index contributed by atoms with van der Waals surface area (Å²) < 4.78 is 0. The Morgan fingerprint density at radius 2 is 2.25 bits per heavy atom. The fourth-order valence-corrected chi connectivity index (χ4v) is 1.63. The van der Waals surface area contributed by atoms with Gasteiger partial charge in [-0.15, -0.1) is 11.8 Å². The van der Waals surface area contributed by atoms with Crippen LogP contribution >= 0.6 is 23.4 Å². The molecule has 0 aliphatic carbocycles. The van der Waals surface area contributed by atoms with Gasteiger partial charge in [0.25, 0.3) is 0 Å². The molecule has 1 aromatic heterocycles. The zero-order valence-corrected chi connectivity index (χ0v) is 8.49. The molecule has 0 amide bonds. The first kappa shape index (κ1) is 9.61. The van der Waals surface area contributed by atoms with E-state index in [1.807, 2.05) is 0 Å². The molecule has 0 aliphatic heterocycles. The van der Waals surface area contributed by atoms with Crippen molar-refractivity contribution in [3.8, 4) is 0 Å². The third-order valence-electron chi connectivity index (χ3n) is 1.10. The molecule has 5 heteroatoms. The lowest BCUT2D eigenvalue weighted by molar-refractivity contribution is 1.03. The van der Waals surface area contributed by atoms with Crippen LogP contribution in [0.3, 0.4) is 0 Å². The molecule has 1 rings (SSSR count). The van der Waals surface area contributed by atoms with Crippen LogP contribution in [-0.2, 0) is 0 Å². The van der Waals surface area contributed by atoms with Gasteiger partial charge in [-0.05, 0) is 11.6 Å². The van der Waals surface area contributed by atoms with Crippen LogP contribution in [-0.4, -0.2) is 15.2 Å². The van der Waals surface area contributed by atoms with Crippen molar-refractivity contribution in [2.24, 2.45) is 0 Å². The Morgan fingerprint density at radius 3 is 2.83 bits per heavy atom. The zero-order valence-electron chi connectivity index (χ0n) is 6.91. The standard InChI is InChI=1S/C7H10ClN3S/c1-4(2)12-6-5(9)3-10-7(8)11-6/h3-4H,9H2,1-2H3. The van der Waals surface area contributed by atoms with Gasteiger partial charge in [0.2, 0.25) is 5.28 Å². The minimum Gasteiger partial charge on any atom is -0.395 e. The highest BCUT2D eigenvalue weighted by atomic mass is 35.5. The number of anilines is 1. The summed E-state index contributed by atoms with van der Waals surface area (Å²) in [6.07, 6.45) is 1.53. The van der Waals surface area contributed by atoms with Gasteiger partial charge in [0, 0.05) is 5.25 Å². The summed E-state index contributed by atoms with van der Waals surface area (Å²) >= 11 is 7.19. The molecule has 0 fully saturated rings. The van der Waals surface area contributed by atoms with Crippen molar-refractivity contribution >= 4 is 29.1 Å². The molecule has 66 valence electrons. The molecule has 0 aliphatic rings. The summed E-state index contributed by atoms with van der Waals surface area (Å²) in [5, 5.41) is 1.44. The number of nitrogens with zero attached hydrogens (tertiary/aromatic N) is 2. The molecule has 0 saturated heterocycles. The van der Waals surface area contributed by atoms with Gasteiger partial charge < -0.3 is 5.73 Å². The van der Waals surface area contributed by atoms with Gasteiger partial charge in [0.05, 0.1) is 11.9 Å². The van der Waals surface area contributed by atoms with Gasteiger partial charge in [-0.2, -0.15) is 0 Å². The van der Waals surface area contributed by atoms with Crippen molar-refractivity contribution in [1.29, 1.82) is 0 Å². The lowest BCUT2D eigenvalue weighted by Gasteiger charge is -2.05. The molecular formula is C7H10ClN3S. The second-order valence-corrected chi connectivity index (χ2v) is 4.47. The first-order valence-electron chi connectivity index (χ1n) is 3.54. The summed E-state index contributed by atoms with van der Waals surface area (Å²) in [6.45, 7) is 4.14. The largest absolute Gasteiger partial charge is 0.395 e. The lowest BCUT2D eigenvalue weighted by Crippen LogP contribution is -1.97. The second kappa shape index (κ2) is 3.96. The van der Waals surface area contributed by atoms with Crippen LogP contribution in [0.25, 0.3) is 0 Å². The molecule has 1 heterocycles. The van der Waals surface area contributed by atoms with Crippen molar-refractivity contribution in [3.63, 3.8) is 0 Å². The molecule has 0 radical (unpaired) electrons. The van der Waals surface area contributed by atoms with Gasteiger partial charge in [-0.25, -0.2) is 9.97 Å². The number of nitrogens with two attached hydrogens (primary N) is 1. The Balaban J connectivity index is 2.90. The number of hydrogen-bond acceptors (Lipinski definition) is 4. The predicted molar refractivity (Wildman–Crippen MR) is 52.4 cm³/mol. The average molecular weight is 204 g/mol. The van der Waals surface area contributed by atoms with E-state index < -0.39 is 0 Å². The molecule has 0 aromatic carbocycles. The Bertz CT molecular complexity index is 277. The third-order valence-corrected chi connectivity index (χ3v) is 2.30. The lowest BCUT2D eigenvalue weighted by atomic mass is 10.6. The number of aromatic nitrogens is 2. The van der Waals surface area contributed by atoms with Crippen molar-refractivity contribution in [2.75, 3.05) is 5.73 Å². The van der Waals surface area contributed by atoms with Crippen LogP contribution in [0.2, 0.25) is 5.28 Å². The minimum absolute atomic E-state index is 0.243.